The summed E-state index contributed by atoms with van der Waals surface area (Å²) < 4.78 is 6.79. The summed E-state index contributed by atoms with van der Waals surface area (Å²) in [6.45, 7) is 1.66. The number of aliphatic hydroxyl groups is 1. The first-order valence-corrected chi connectivity index (χ1v) is 6.36. The Morgan fingerprint density at radius 3 is 2.59 bits per heavy atom. The van der Waals surface area contributed by atoms with Crippen molar-refractivity contribution in [3.05, 3.63) is 46.6 Å². The van der Waals surface area contributed by atoms with E-state index >= 15 is 0 Å². The Bertz CT molecular complexity index is 465. The molecule has 3 nitrogen and oxygen atoms in total. The Balaban J connectivity index is 2.04. The largest absolute Gasteiger partial charge is 0.455 e. The van der Waals surface area contributed by atoms with E-state index in [2.05, 4.69) is 15.9 Å². The third kappa shape index (κ3) is 3.43. The van der Waals surface area contributed by atoms with Crippen LogP contribution in [-0.4, -0.2) is 18.3 Å². The third-order valence-electron chi connectivity index (χ3n) is 2.47. The molecule has 17 heavy (non-hydrogen) atoms. The molecular weight excluding hydrogens is 282 g/mol. The van der Waals surface area contributed by atoms with Crippen molar-refractivity contribution in [3.8, 4) is 11.3 Å². The van der Waals surface area contributed by atoms with Gasteiger partial charge in [0.05, 0.1) is 13.2 Å². The molecule has 0 amide bonds. The topological polar surface area (TPSA) is 50.0 Å². The second-order valence-corrected chi connectivity index (χ2v) is 4.69. The van der Waals surface area contributed by atoms with Gasteiger partial charge in [-0.3, -0.25) is 0 Å². The van der Waals surface area contributed by atoms with Gasteiger partial charge in [0.2, 0.25) is 0 Å². The average Bonchev–Trinajstić information content (AvgIpc) is 2.79. The number of hydrogen-bond donors (Lipinski definition) is 2. The summed E-state index contributed by atoms with van der Waals surface area (Å²) >= 11 is 3.41. The van der Waals surface area contributed by atoms with Crippen LogP contribution in [0.15, 0.2) is 45.3 Å². The summed E-state index contributed by atoms with van der Waals surface area (Å²) in [7, 11) is 0. The Morgan fingerprint density at radius 1 is 1.12 bits per heavy atom. The van der Waals surface area contributed by atoms with Crippen molar-refractivity contribution in [3.63, 3.8) is 0 Å². The lowest BCUT2D eigenvalue weighted by molar-refractivity contribution is -0.673. The lowest BCUT2D eigenvalue weighted by atomic mass is 10.2. The smallest absolute Gasteiger partial charge is 0.158 e. The number of quaternary nitrogens is 1. The zero-order valence-corrected chi connectivity index (χ0v) is 11.0. The fraction of sp³-hybridized carbons (Fsp3) is 0.231. The second kappa shape index (κ2) is 6.00. The van der Waals surface area contributed by atoms with Crippen LogP contribution in [0.2, 0.25) is 0 Å². The van der Waals surface area contributed by atoms with Gasteiger partial charge in [0, 0.05) is 10.0 Å². The van der Waals surface area contributed by atoms with Gasteiger partial charge in [-0.25, -0.2) is 0 Å². The fourth-order valence-electron chi connectivity index (χ4n) is 1.59. The van der Waals surface area contributed by atoms with Gasteiger partial charge < -0.3 is 14.8 Å². The fourth-order valence-corrected chi connectivity index (χ4v) is 1.86. The van der Waals surface area contributed by atoms with E-state index in [0.29, 0.717) is 6.54 Å². The van der Waals surface area contributed by atoms with E-state index in [-0.39, 0.29) is 6.61 Å². The molecule has 1 aromatic carbocycles. The Morgan fingerprint density at radius 2 is 1.88 bits per heavy atom. The molecule has 0 atom stereocenters. The summed E-state index contributed by atoms with van der Waals surface area (Å²) in [5.41, 5.74) is 1.07. The van der Waals surface area contributed by atoms with Gasteiger partial charge in [0.15, 0.2) is 5.76 Å². The van der Waals surface area contributed by atoms with Gasteiger partial charge in [-0.1, -0.05) is 28.1 Å². The molecule has 90 valence electrons. The first kappa shape index (κ1) is 12.4. The SMILES string of the molecule is OCC[NH2+]Cc1ccc(-c2ccc(Br)cc2)o1. The minimum Gasteiger partial charge on any atom is -0.455 e. The maximum Gasteiger partial charge on any atom is 0.158 e. The zero-order valence-electron chi connectivity index (χ0n) is 9.40. The van der Waals surface area contributed by atoms with Crippen molar-refractivity contribution < 1.29 is 14.8 Å². The number of halogens is 1. The van der Waals surface area contributed by atoms with Gasteiger partial charge in [-0.15, -0.1) is 0 Å². The third-order valence-corrected chi connectivity index (χ3v) is 3.00. The maximum atomic E-state index is 8.69. The van der Waals surface area contributed by atoms with Crippen molar-refractivity contribution in [2.24, 2.45) is 0 Å². The number of rotatable bonds is 5. The van der Waals surface area contributed by atoms with Gasteiger partial charge >= 0.3 is 0 Å². The van der Waals surface area contributed by atoms with E-state index in [1.807, 2.05) is 41.7 Å². The zero-order chi connectivity index (χ0) is 12.1. The molecule has 0 unspecified atom stereocenters. The highest BCUT2D eigenvalue weighted by Crippen LogP contribution is 2.23. The van der Waals surface area contributed by atoms with Crippen LogP contribution in [0.4, 0.5) is 0 Å². The molecule has 4 heteroatoms. The van der Waals surface area contributed by atoms with E-state index in [4.69, 9.17) is 9.52 Å². The van der Waals surface area contributed by atoms with Crippen molar-refractivity contribution in [2.75, 3.05) is 13.2 Å². The Labute approximate surface area is 109 Å². The van der Waals surface area contributed by atoms with Crippen LogP contribution >= 0.6 is 15.9 Å². The highest BCUT2D eigenvalue weighted by Gasteiger charge is 2.05. The highest BCUT2D eigenvalue weighted by atomic mass is 79.9. The second-order valence-electron chi connectivity index (χ2n) is 3.78. The van der Waals surface area contributed by atoms with Crippen molar-refractivity contribution >= 4 is 15.9 Å². The molecule has 0 saturated heterocycles. The quantitative estimate of drug-likeness (QED) is 0.826. The predicted octanol–water partition coefficient (Wildman–Crippen LogP) is 1.76. The van der Waals surface area contributed by atoms with Gasteiger partial charge in [0.25, 0.3) is 0 Å². The van der Waals surface area contributed by atoms with Crippen LogP contribution in [0.25, 0.3) is 11.3 Å². The number of nitrogens with two attached hydrogens (primary N) is 1. The molecule has 3 N–H and O–H groups in total. The molecule has 0 bridgehead atoms. The molecule has 1 heterocycles. The Hall–Kier alpha value is -1.10. The minimum atomic E-state index is 0.195. The summed E-state index contributed by atoms with van der Waals surface area (Å²) in [5.74, 6) is 1.81. The molecule has 0 spiro atoms. The van der Waals surface area contributed by atoms with E-state index in [9.17, 15) is 0 Å². The van der Waals surface area contributed by atoms with Crippen LogP contribution in [0.1, 0.15) is 5.76 Å². The van der Waals surface area contributed by atoms with Gasteiger partial charge in [0.1, 0.15) is 12.3 Å². The van der Waals surface area contributed by atoms with Crippen LogP contribution in [0, 0.1) is 0 Å². The van der Waals surface area contributed by atoms with Gasteiger partial charge in [-0.2, -0.15) is 0 Å². The summed E-state index contributed by atoms with van der Waals surface area (Å²) in [6.07, 6.45) is 0. The monoisotopic (exact) mass is 296 g/mol. The van der Waals surface area contributed by atoms with Crippen LogP contribution in [0.5, 0.6) is 0 Å². The predicted molar refractivity (Wildman–Crippen MR) is 69.4 cm³/mol. The first-order chi connectivity index (χ1) is 8.29. The molecule has 0 aliphatic rings. The number of hydrogen-bond acceptors (Lipinski definition) is 2. The summed E-state index contributed by atoms with van der Waals surface area (Å²) in [4.78, 5) is 0. The molecule has 0 aliphatic carbocycles. The average molecular weight is 297 g/mol. The van der Waals surface area contributed by atoms with E-state index in [1.165, 1.54) is 0 Å². The van der Waals surface area contributed by atoms with E-state index in [1.54, 1.807) is 0 Å². The lowest BCUT2D eigenvalue weighted by Crippen LogP contribution is -2.83. The van der Waals surface area contributed by atoms with Crippen molar-refractivity contribution in [1.82, 2.24) is 0 Å². The first-order valence-electron chi connectivity index (χ1n) is 5.57. The molecule has 1 aromatic heterocycles. The molecule has 0 aliphatic heterocycles. The number of benzene rings is 1. The van der Waals surface area contributed by atoms with E-state index < -0.39 is 0 Å². The van der Waals surface area contributed by atoms with Crippen LogP contribution in [0.3, 0.4) is 0 Å². The van der Waals surface area contributed by atoms with Gasteiger partial charge in [-0.05, 0) is 24.3 Å². The van der Waals surface area contributed by atoms with E-state index in [0.717, 1.165) is 28.1 Å². The van der Waals surface area contributed by atoms with Crippen LogP contribution < -0.4 is 5.32 Å². The number of furan rings is 1. The van der Waals surface area contributed by atoms with Crippen LogP contribution in [-0.2, 0) is 6.54 Å². The number of aliphatic hydroxyl groups excluding tert-OH is 1. The standard InChI is InChI=1S/C13H14BrNO2/c14-11-3-1-10(2-4-11)13-6-5-12(17-13)9-15-7-8-16/h1-6,15-16H,7-9H2/p+1. The molecule has 0 radical (unpaired) electrons. The van der Waals surface area contributed by atoms with Crippen molar-refractivity contribution in [1.29, 1.82) is 0 Å². The molecular formula is C13H15BrNO2+. The molecule has 0 fully saturated rings. The van der Waals surface area contributed by atoms with Crippen molar-refractivity contribution in [2.45, 2.75) is 6.54 Å². The highest BCUT2D eigenvalue weighted by molar-refractivity contribution is 9.10. The minimum absolute atomic E-state index is 0.195. The molecule has 2 rings (SSSR count). The maximum absolute atomic E-state index is 8.69. The molecule has 0 saturated carbocycles. The summed E-state index contributed by atoms with van der Waals surface area (Å²) in [6, 6.07) is 12.0. The normalized spacial score (nSPS) is 10.7. The molecule has 2 aromatic rings. The Kier molecular flexibility index (Phi) is 4.36. The lowest BCUT2D eigenvalue weighted by Gasteiger charge is -1.98. The summed E-state index contributed by atoms with van der Waals surface area (Å²) in [5, 5.41) is 10.7.